The Kier molecular flexibility index (Phi) is 4.43. The van der Waals surface area contributed by atoms with Crippen molar-refractivity contribution in [3.63, 3.8) is 0 Å². The lowest BCUT2D eigenvalue weighted by Gasteiger charge is -2.11. The Morgan fingerprint density at radius 2 is 2.11 bits per heavy atom. The average Bonchev–Trinajstić information content (AvgIpc) is 2.63. The van der Waals surface area contributed by atoms with Crippen molar-refractivity contribution in [3.8, 4) is 0 Å². The van der Waals surface area contributed by atoms with Crippen molar-refractivity contribution in [2.75, 3.05) is 0 Å². The number of nitrogens with one attached hydrogen (secondary N) is 1. The maximum Gasteiger partial charge on any atom is 0.322 e. The Balaban J connectivity index is 2.93. The van der Waals surface area contributed by atoms with Crippen LogP contribution in [0.2, 0.25) is 0 Å². The van der Waals surface area contributed by atoms with Crippen LogP contribution >= 0.6 is 11.3 Å². The number of primary amides is 1. The van der Waals surface area contributed by atoms with Crippen LogP contribution in [0.3, 0.4) is 0 Å². The number of carbonyl (C=O) groups excluding carboxylic acids is 1. The number of sulfonamides is 1. The molecule has 0 bridgehead atoms. The van der Waals surface area contributed by atoms with Gasteiger partial charge in [0.05, 0.1) is 6.42 Å². The lowest BCUT2D eigenvalue weighted by molar-refractivity contribution is -0.140. The molecule has 1 rings (SSSR count). The van der Waals surface area contributed by atoms with E-state index < -0.39 is 34.4 Å². The minimum absolute atomic E-state index is 0.00396. The summed E-state index contributed by atoms with van der Waals surface area (Å²) in [7, 11) is -3.95. The summed E-state index contributed by atoms with van der Waals surface area (Å²) in [5.74, 6) is -2.35. The fourth-order valence-electron chi connectivity index (χ4n) is 1.18. The zero-order valence-electron chi connectivity index (χ0n) is 9.41. The van der Waals surface area contributed by atoms with E-state index >= 15 is 0 Å². The Labute approximate surface area is 108 Å². The zero-order chi connectivity index (χ0) is 13.9. The maximum absolute atomic E-state index is 11.8. The second-order valence-corrected chi connectivity index (χ2v) is 6.78. The highest BCUT2D eigenvalue weighted by molar-refractivity contribution is 7.91. The van der Waals surface area contributed by atoms with E-state index in [9.17, 15) is 18.0 Å². The van der Waals surface area contributed by atoms with Gasteiger partial charge in [-0.25, -0.2) is 8.42 Å². The Morgan fingerprint density at radius 3 is 2.50 bits per heavy atom. The van der Waals surface area contributed by atoms with E-state index in [1.165, 1.54) is 6.07 Å². The molecule has 1 heterocycles. The third-order valence-corrected chi connectivity index (χ3v) is 4.95. The predicted molar refractivity (Wildman–Crippen MR) is 64.6 cm³/mol. The summed E-state index contributed by atoms with van der Waals surface area (Å²) < 4.78 is 25.6. The molecule has 0 aliphatic heterocycles. The molecule has 0 saturated carbocycles. The van der Waals surface area contributed by atoms with Gasteiger partial charge in [-0.1, -0.05) is 0 Å². The molecule has 0 radical (unpaired) electrons. The summed E-state index contributed by atoms with van der Waals surface area (Å²) in [4.78, 5) is 22.3. The van der Waals surface area contributed by atoms with E-state index in [2.05, 4.69) is 0 Å². The Hall–Kier alpha value is -1.45. The van der Waals surface area contributed by atoms with E-state index in [0.29, 0.717) is 0 Å². The molecule has 0 aromatic carbocycles. The summed E-state index contributed by atoms with van der Waals surface area (Å²) in [6.07, 6.45) is -0.598. The molecule has 0 spiro atoms. The van der Waals surface area contributed by atoms with Crippen molar-refractivity contribution in [2.24, 2.45) is 5.73 Å². The van der Waals surface area contributed by atoms with Gasteiger partial charge in [-0.2, -0.15) is 4.72 Å². The largest absolute Gasteiger partial charge is 0.480 e. The van der Waals surface area contributed by atoms with E-state index in [0.717, 1.165) is 16.2 Å². The SMILES string of the molecule is Cc1ccc(S(=O)(=O)N[C@H](CC(N)=O)C(=O)O)s1. The first-order valence-corrected chi connectivity index (χ1v) is 7.12. The Bertz CT molecular complexity index is 563. The van der Waals surface area contributed by atoms with Crippen molar-refractivity contribution in [1.29, 1.82) is 0 Å². The third kappa shape index (κ3) is 3.79. The topological polar surface area (TPSA) is 127 Å². The molecule has 0 aliphatic rings. The molecule has 9 heteroatoms. The van der Waals surface area contributed by atoms with Crippen molar-refractivity contribution in [3.05, 3.63) is 17.0 Å². The van der Waals surface area contributed by atoms with Crippen LogP contribution in [0.4, 0.5) is 0 Å². The van der Waals surface area contributed by atoms with Crippen molar-refractivity contribution in [1.82, 2.24) is 4.72 Å². The van der Waals surface area contributed by atoms with Gasteiger partial charge >= 0.3 is 5.97 Å². The molecule has 4 N–H and O–H groups in total. The summed E-state index contributed by atoms with van der Waals surface area (Å²) in [5.41, 5.74) is 4.86. The maximum atomic E-state index is 11.8. The number of carboxylic acids is 1. The van der Waals surface area contributed by atoms with E-state index in [1.54, 1.807) is 13.0 Å². The summed E-state index contributed by atoms with van der Waals surface area (Å²) in [6.45, 7) is 1.72. The number of carbonyl (C=O) groups is 2. The van der Waals surface area contributed by atoms with Crippen molar-refractivity contribution in [2.45, 2.75) is 23.6 Å². The van der Waals surface area contributed by atoms with Crippen LogP contribution in [0, 0.1) is 6.92 Å². The number of amides is 1. The standard InChI is InChI=1S/C9H12N2O5S2/c1-5-2-3-8(17-5)18(15,16)11-6(9(13)14)4-7(10)12/h2-3,6,11H,4H2,1H3,(H2,10,12)(H,13,14)/t6-/m1/s1. The third-order valence-electron chi connectivity index (χ3n) is 1.98. The van der Waals surface area contributed by atoms with Crippen molar-refractivity contribution < 1.29 is 23.1 Å². The van der Waals surface area contributed by atoms with Gasteiger partial charge in [-0.3, -0.25) is 9.59 Å². The molecule has 1 aromatic rings. The number of aliphatic carboxylic acids is 1. The van der Waals surface area contributed by atoms with Gasteiger partial charge in [-0.15, -0.1) is 11.3 Å². The van der Waals surface area contributed by atoms with Crippen molar-refractivity contribution >= 4 is 33.2 Å². The van der Waals surface area contributed by atoms with E-state index in [4.69, 9.17) is 10.8 Å². The summed E-state index contributed by atoms with van der Waals surface area (Å²) >= 11 is 1.01. The van der Waals surface area contributed by atoms with Gasteiger partial charge in [0.25, 0.3) is 10.0 Å². The smallest absolute Gasteiger partial charge is 0.322 e. The molecule has 1 atom stereocenters. The fourth-order valence-corrected chi connectivity index (χ4v) is 3.67. The first-order valence-electron chi connectivity index (χ1n) is 4.82. The fraction of sp³-hybridized carbons (Fsp3) is 0.333. The van der Waals surface area contributed by atoms with Gasteiger partial charge in [0, 0.05) is 4.88 Å². The molecule has 100 valence electrons. The van der Waals surface area contributed by atoms with E-state index in [1.807, 2.05) is 4.72 Å². The number of carboxylic acid groups (broad SMARTS) is 1. The van der Waals surface area contributed by atoms with Gasteiger partial charge in [0.1, 0.15) is 10.3 Å². The van der Waals surface area contributed by atoms with Crippen LogP contribution in [0.15, 0.2) is 16.3 Å². The Morgan fingerprint density at radius 1 is 1.50 bits per heavy atom. The van der Waals surface area contributed by atoms with Gasteiger partial charge in [-0.05, 0) is 19.1 Å². The monoisotopic (exact) mass is 292 g/mol. The van der Waals surface area contributed by atoms with Crippen LogP contribution in [0.25, 0.3) is 0 Å². The molecule has 18 heavy (non-hydrogen) atoms. The number of nitrogens with two attached hydrogens (primary N) is 1. The molecular formula is C9H12N2O5S2. The zero-order valence-corrected chi connectivity index (χ0v) is 11.0. The highest BCUT2D eigenvalue weighted by Gasteiger charge is 2.27. The van der Waals surface area contributed by atoms with Gasteiger partial charge in [0.2, 0.25) is 5.91 Å². The number of rotatable bonds is 6. The minimum atomic E-state index is -3.95. The normalized spacial score (nSPS) is 13.2. The van der Waals surface area contributed by atoms with Crippen LogP contribution < -0.4 is 10.5 Å². The van der Waals surface area contributed by atoms with Crippen LogP contribution in [0.1, 0.15) is 11.3 Å². The molecule has 0 aliphatic carbocycles. The second kappa shape index (κ2) is 5.46. The van der Waals surface area contributed by atoms with Gasteiger partial charge in [0.15, 0.2) is 0 Å². The highest BCUT2D eigenvalue weighted by atomic mass is 32.2. The molecule has 0 unspecified atom stereocenters. The van der Waals surface area contributed by atoms with Crippen LogP contribution in [-0.2, 0) is 19.6 Å². The predicted octanol–water partition coefficient (Wildman–Crippen LogP) is -0.337. The molecular weight excluding hydrogens is 280 g/mol. The van der Waals surface area contributed by atoms with E-state index in [-0.39, 0.29) is 4.21 Å². The lowest BCUT2D eigenvalue weighted by Crippen LogP contribution is -2.43. The second-order valence-electron chi connectivity index (χ2n) is 3.55. The lowest BCUT2D eigenvalue weighted by atomic mass is 10.2. The molecule has 7 nitrogen and oxygen atoms in total. The molecule has 0 fully saturated rings. The average molecular weight is 292 g/mol. The molecule has 1 aromatic heterocycles. The number of thiophene rings is 1. The number of aryl methyl sites for hydroxylation is 1. The number of hydrogen-bond donors (Lipinski definition) is 3. The number of hydrogen-bond acceptors (Lipinski definition) is 5. The minimum Gasteiger partial charge on any atom is -0.480 e. The first kappa shape index (κ1) is 14.6. The summed E-state index contributed by atoms with van der Waals surface area (Å²) in [5, 5.41) is 8.81. The van der Waals surface area contributed by atoms with Crippen LogP contribution in [0.5, 0.6) is 0 Å². The highest BCUT2D eigenvalue weighted by Crippen LogP contribution is 2.20. The van der Waals surface area contributed by atoms with Gasteiger partial charge < -0.3 is 10.8 Å². The first-order chi connectivity index (χ1) is 8.22. The van der Waals surface area contributed by atoms with Crippen LogP contribution in [-0.4, -0.2) is 31.4 Å². The molecule has 1 amide bonds. The quantitative estimate of drug-likeness (QED) is 0.661. The summed E-state index contributed by atoms with van der Waals surface area (Å²) in [6, 6.07) is 1.41. The molecule has 0 saturated heterocycles.